The van der Waals surface area contributed by atoms with E-state index in [-0.39, 0.29) is 5.91 Å². The number of unbranched alkanes of at least 4 members (excludes halogenated alkanes) is 1. The standard InChI is InChI=1S/C12H16BrNO2/c1-10(15)14-11-4-6-12(7-5-11)16-9-3-2-8-13/h4-7H,2-3,8-9H2,1H3,(H,14,15). The first kappa shape index (κ1) is 13.0. The van der Waals surface area contributed by atoms with Crippen LogP contribution in [0.2, 0.25) is 0 Å². The lowest BCUT2D eigenvalue weighted by Gasteiger charge is -2.06. The molecule has 0 saturated carbocycles. The molecule has 0 atom stereocenters. The summed E-state index contributed by atoms with van der Waals surface area (Å²) >= 11 is 3.37. The maximum atomic E-state index is 10.8. The molecule has 0 fully saturated rings. The van der Waals surface area contributed by atoms with Crippen LogP contribution in [0.5, 0.6) is 5.75 Å². The Morgan fingerprint density at radius 2 is 2.00 bits per heavy atom. The van der Waals surface area contributed by atoms with Crippen molar-refractivity contribution in [1.82, 2.24) is 0 Å². The molecule has 0 unspecified atom stereocenters. The van der Waals surface area contributed by atoms with Crippen LogP contribution in [0.15, 0.2) is 24.3 Å². The molecule has 0 spiro atoms. The average Bonchev–Trinajstić information content (AvgIpc) is 2.26. The second kappa shape index (κ2) is 7.28. The van der Waals surface area contributed by atoms with Crippen LogP contribution in [0.3, 0.4) is 0 Å². The van der Waals surface area contributed by atoms with Crippen LogP contribution in [0, 0.1) is 0 Å². The minimum atomic E-state index is -0.0639. The fourth-order valence-corrected chi connectivity index (χ4v) is 1.62. The summed E-state index contributed by atoms with van der Waals surface area (Å²) in [5.74, 6) is 0.773. The number of nitrogens with one attached hydrogen (secondary N) is 1. The number of amides is 1. The predicted molar refractivity (Wildman–Crippen MR) is 69.3 cm³/mol. The van der Waals surface area contributed by atoms with Gasteiger partial charge in [0.2, 0.25) is 5.91 Å². The largest absolute Gasteiger partial charge is 0.494 e. The first-order chi connectivity index (χ1) is 7.72. The van der Waals surface area contributed by atoms with E-state index in [0.29, 0.717) is 0 Å². The molecule has 1 aromatic rings. The Morgan fingerprint density at radius 3 is 2.56 bits per heavy atom. The third-order valence-corrected chi connectivity index (χ3v) is 2.53. The first-order valence-corrected chi connectivity index (χ1v) is 6.41. The summed E-state index contributed by atoms with van der Waals surface area (Å²) in [4.78, 5) is 10.8. The van der Waals surface area contributed by atoms with Crippen molar-refractivity contribution in [2.45, 2.75) is 19.8 Å². The van der Waals surface area contributed by atoms with E-state index >= 15 is 0 Å². The summed E-state index contributed by atoms with van der Waals surface area (Å²) in [6.07, 6.45) is 2.16. The van der Waals surface area contributed by atoms with Gasteiger partial charge in [-0.2, -0.15) is 0 Å². The van der Waals surface area contributed by atoms with Gasteiger partial charge < -0.3 is 10.1 Å². The third kappa shape index (κ3) is 5.16. The molecular formula is C12H16BrNO2. The van der Waals surface area contributed by atoms with Crippen LogP contribution in [-0.2, 0) is 4.79 Å². The SMILES string of the molecule is CC(=O)Nc1ccc(OCCCCBr)cc1. The van der Waals surface area contributed by atoms with Crippen molar-refractivity contribution < 1.29 is 9.53 Å². The molecule has 4 heteroatoms. The zero-order valence-corrected chi connectivity index (χ0v) is 10.9. The van der Waals surface area contributed by atoms with Gasteiger partial charge in [-0.15, -0.1) is 0 Å². The second-order valence-electron chi connectivity index (χ2n) is 3.45. The molecule has 1 amide bonds. The number of hydrogen-bond donors (Lipinski definition) is 1. The Balaban J connectivity index is 2.36. The van der Waals surface area contributed by atoms with Gasteiger partial charge in [-0.05, 0) is 37.1 Å². The second-order valence-corrected chi connectivity index (χ2v) is 4.24. The molecule has 0 radical (unpaired) electrons. The normalized spacial score (nSPS) is 9.88. The van der Waals surface area contributed by atoms with Gasteiger partial charge in [-0.25, -0.2) is 0 Å². The molecule has 0 aliphatic heterocycles. The number of ether oxygens (including phenoxy) is 1. The van der Waals surface area contributed by atoms with Crippen molar-refractivity contribution in [3.8, 4) is 5.75 Å². The van der Waals surface area contributed by atoms with E-state index in [9.17, 15) is 4.79 Å². The number of benzene rings is 1. The summed E-state index contributed by atoms with van der Waals surface area (Å²) < 4.78 is 5.53. The van der Waals surface area contributed by atoms with Gasteiger partial charge in [0, 0.05) is 17.9 Å². The highest BCUT2D eigenvalue weighted by molar-refractivity contribution is 9.09. The van der Waals surface area contributed by atoms with Crippen LogP contribution in [-0.4, -0.2) is 17.8 Å². The molecule has 0 saturated heterocycles. The first-order valence-electron chi connectivity index (χ1n) is 5.29. The zero-order valence-electron chi connectivity index (χ0n) is 9.33. The lowest BCUT2D eigenvalue weighted by molar-refractivity contribution is -0.114. The quantitative estimate of drug-likeness (QED) is 0.644. The van der Waals surface area contributed by atoms with Crippen molar-refractivity contribution in [2.24, 2.45) is 0 Å². The highest BCUT2D eigenvalue weighted by Crippen LogP contribution is 2.15. The van der Waals surface area contributed by atoms with E-state index in [1.807, 2.05) is 24.3 Å². The van der Waals surface area contributed by atoms with Crippen LogP contribution in [0.1, 0.15) is 19.8 Å². The molecule has 0 aromatic heterocycles. The van der Waals surface area contributed by atoms with Crippen LogP contribution < -0.4 is 10.1 Å². The molecule has 0 heterocycles. The summed E-state index contributed by atoms with van der Waals surface area (Å²) in [5.41, 5.74) is 0.792. The molecular weight excluding hydrogens is 270 g/mol. The summed E-state index contributed by atoms with van der Waals surface area (Å²) in [5, 5.41) is 3.72. The van der Waals surface area contributed by atoms with E-state index in [0.717, 1.165) is 36.2 Å². The van der Waals surface area contributed by atoms with Gasteiger partial charge in [-0.1, -0.05) is 15.9 Å². The minimum absolute atomic E-state index is 0.0639. The summed E-state index contributed by atoms with van der Waals surface area (Å²) in [7, 11) is 0. The van der Waals surface area contributed by atoms with Crippen molar-refractivity contribution in [3.63, 3.8) is 0 Å². The number of rotatable bonds is 6. The number of halogens is 1. The van der Waals surface area contributed by atoms with Crippen molar-refractivity contribution >= 4 is 27.5 Å². The molecule has 3 nitrogen and oxygen atoms in total. The molecule has 1 aromatic carbocycles. The van der Waals surface area contributed by atoms with Crippen molar-refractivity contribution in [2.75, 3.05) is 17.3 Å². The number of carbonyl (C=O) groups excluding carboxylic acids is 1. The van der Waals surface area contributed by atoms with E-state index in [1.165, 1.54) is 6.92 Å². The van der Waals surface area contributed by atoms with Crippen LogP contribution in [0.25, 0.3) is 0 Å². The summed E-state index contributed by atoms with van der Waals surface area (Å²) in [6.45, 7) is 2.22. The Morgan fingerprint density at radius 1 is 1.31 bits per heavy atom. The molecule has 88 valence electrons. The average molecular weight is 286 g/mol. The molecule has 0 aliphatic carbocycles. The Labute approximate surface area is 104 Å². The molecule has 1 rings (SSSR count). The van der Waals surface area contributed by atoms with E-state index in [1.54, 1.807) is 0 Å². The lowest BCUT2D eigenvalue weighted by Crippen LogP contribution is -2.05. The van der Waals surface area contributed by atoms with Gasteiger partial charge in [0.05, 0.1) is 6.61 Å². The summed E-state index contributed by atoms with van der Waals surface area (Å²) in [6, 6.07) is 7.39. The Kier molecular flexibility index (Phi) is 5.93. The van der Waals surface area contributed by atoms with Crippen LogP contribution >= 0.6 is 15.9 Å². The maximum absolute atomic E-state index is 10.8. The van der Waals surface area contributed by atoms with Gasteiger partial charge in [0.25, 0.3) is 0 Å². The highest BCUT2D eigenvalue weighted by Gasteiger charge is 1.96. The number of anilines is 1. The Hall–Kier alpha value is -1.03. The van der Waals surface area contributed by atoms with Gasteiger partial charge >= 0.3 is 0 Å². The topological polar surface area (TPSA) is 38.3 Å². The van der Waals surface area contributed by atoms with Crippen molar-refractivity contribution in [3.05, 3.63) is 24.3 Å². The molecule has 16 heavy (non-hydrogen) atoms. The molecule has 0 aliphatic rings. The van der Waals surface area contributed by atoms with Gasteiger partial charge in [-0.3, -0.25) is 4.79 Å². The molecule has 1 N–H and O–H groups in total. The Bertz CT molecular complexity index is 324. The zero-order chi connectivity index (χ0) is 11.8. The van der Waals surface area contributed by atoms with E-state index < -0.39 is 0 Å². The van der Waals surface area contributed by atoms with Crippen molar-refractivity contribution in [1.29, 1.82) is 0 Å². The fourth-order valence-electron chi connectivity index (χ4n) is 1.22. The predicted octanol–water partition coefficient (Wildman–Crippen LogP) is 3.20. The number of alkyl halides is 1. The van der Waals surface area contributed by atoms with Crippen LogP contribution in [0.4, 0.5) is 5.69 Å². The minimum Gasteiger partial charge on any atom is -0.494 e. The maximum Gasteiger partial charge on any atom is 0.221 e. The van der Waals surface area contributed by atoms with E-state index in [4.69, 9.17) is 4.74 Å². The monoisotopic (exact) mass is 285 g/mol. The highest BCUT2D eigenvalue weighted by atomic mass is 79.9. The number of hydrogen-bond acceptors (Lipinski definition) is 2. The fraction of sp³-hybridized carbons (Fsp3) is 0.417. The van der Waals surface area contributed by atoms with E-state index in [2.05, 4.69) is 21.2 Å². The molecule has 0 bridgehead atoms. The lowest BCUT2D eigenvalue weighted by atomic mass is 10.3. The third-order valence-electron chi connectivity index (χ3n) is 1.97. The smallest absolute Gasteiger partial charge is 0.221 e. The number of carbonyl (C=O) groups is 1. The van der Waals surface area contributed by atoms with Gasteiger partial charge in [0.15, 0.2) is 0 Å². The van der Waals surface area contributed by atoms with Gasteiger partial charge in [0.1, 0.15) is 5.75 Å².